The molecule has 0 saturated carbocycles. The van der Waals surface area contributed by atoms with Crippen LogP contribution in [0.3, 0.4) is 0 Å². The van der Waals surface area contributed by atoms with E-state index >= 15 is 0 Å². The number of carbonyl (C=O) groups is 1. The molecule has 0 radical (unpaired) electrons. The highest BCUT2D eigenvalue weighted by molar-refractivity contribution is 5.92. The number of aryl methyl sites for hydroxylation is 2. The Balaban J connectivity index is 1.48. The van der Waals surface area contributed by atoms with Gasteiger partial charge in [0.15, 0.2) is 5.82 Å². The van der Waals surface area contributed by atoms with Crippen LogP contribution in [0, 0.1) is 13.8 Å². The van der Waals surface area contributed by atoms with Crippen molar-refractivity contribution in [2.24, 2.45) is 0 Å². The SMILES string of the molecule is COc1ccn2nc(NC(=O)Cc3cnc(-c4ccnc(C)c4)c(C)c3)cc2c1. The van der Waals surface area contributed by atoms with E-state index in [0.29, 0.717) is 5.82 Å². The molecule has 146 valence electrons. The van der Waals surface area contributed by atoms with E-state index in [1.807, 2.05) is 44.2 Å². The average molecular weight is 387 g/mol. The van der Waals surface area contributed by atoms with Crippen molar-refractivity contribution in [2.45, 2.75) is 20.3 Å². The molecule has 4 aromatic heterocycles. The molecule has 0 spiro atoms. The van der Waals surface area contributed by atoms with Crippen molar-refractivity contribution in [3.63, 3.8) is 0 Å². The number of aromatic nitrogens is 4. The summed E-state index contributed by atoms with van der Waals surface area (Å²) in [7, 11) is 1.61. The summed E-state index contributed by atoms with van der Waals surface area (Å²) >= 11 is 0. The van der Waals surface area contributed by atoms with E-state index < -0.39 is 0 Å². The highest BCUT2D eigenvalue weighted by Crippen LogP contribution is 2.22. The molecule has 29 heavy (non-hydrogen) atoms. The van der Waals surface area contributed by atoms with Gasteiger partial charge in [-0.05, 0) is 43.2 Å². The number of hydrogen-bond acceptors (Lipinski definition) is 5. The number of anilines is 1. The topological polar surface area (TPSA) is 81.4 Å². The van der Waals surface area contributed by atoms with E-state index in [1.165, 1.54) is 0 Å². The van der Waals surface area contributed by atoms with Gasteiger partial charge >= 0.3 is 0 Å². The second-order valence-corrected chi connectivity index (χ2v) is 6.89. The summed E-state index contributed by atoms with van der Waals surface area (Å²) in [6.45, 7) is 3.95. The van der Waals surface area contributed by atoms with Gasteiger partial charge in [0, 0.05) is 42.0 Å². The number of fused-ring (bicyclic) bond motifs is 1. The Labute approximate surface area is 168 Å². The Bertz CT molecular complexity index is 1200. The first-order chi connectivity index (χ1) is 14.0. The van der Waals surface area contributed by atoms with E-state index in [9.17, 15) is 4.79 Å². The van der Waals surface area contributed by atoms with Crippen LogP contribution in [0.4, 0.5) is 5.82 Å². The molecule has 4 heterocycles. The standard InChI is InChI=1S/C22H21N5O2/c1-14-8-16(13-24-22(14)17-4-6-23-15(2)9-17)10-21(28)25-20-12-18-11-19(29-3)5-7-27(18)26-20/h4-9,11-13H,10H2,1-3H3,(H,25,26,28). The zero-order valence-electron chi connectivity index (χ0n) is 16.5. The fourth-order valence-electron chi connectivity index (χ4n) is 3.26. The third-order valence-electron chi connectivity index (χ3n) is 4.61. The second-order valence-electron chi connectivity index (χ2n) is 6.89. The molecule has 0 aliphatic rings. The lowest BCUT2D eigenvalue weighted by Gasteiger charge is -2.08. The number of nitrogens with zero attached hydrogens (tertiary/aromatic N) is 4. The fraction of sp³-hybridized carbons (Fsp3) is 0.182. The zero-order valence-corrected chi connectivity index (χ0v) is 16.5. The van der Waals surface area contributed by atoms with Crippen molar-refractivity contribution < 1.29 is 9.53 Å². The number of ether oxygens (including phenoxy) is 1. The first kappa shape index (κ1) is 18.6. The zero-order chi connectivity index (χ0) is 20.4. The maximum absolute atomic E-state index is 12.5. The molecule has 7 nitrogen and oxygen atoms in total. The number of nitrogens with one attached hydrogen (secondary N) is 1. The number of hydrogen-bond donors (Lipinski definition) is 1. The molecule has 4 rings (SSSR count). The summed E-state index contributed by atoms with van der Waals surface area (Å²) in [6, 6.07) is 11.4. The van der Waals surface area contributed by atoms with Crippen molar-refractivity contribution in [3.05, 3.63) is 71.8 Å². The van der Waals surface area contributed by atoms with Crippen LogP contribution >= 0.6 is 0 Å². The third-order valence-corrected chi connectivity index (χ3v) is 4.61. The first-order valence-electron chi connectivity index (χ1n) is 9.23. The van der Waals surface area contributed by atoms with Crippen LogP contribution in [-0.4, -0.2) is 32.6 Å². The molecule has 0 bridgehead atoms. The van der Waals surface area contributed by atoms with Crippen LogP contribution in [0.25, 0.3) is 16.8 Å². The lowest BCUT2D eigenvalue weighted by molar-refractivity contribution is -0.115. The minimum Gasteiger partial charge on any atom is -0.497 e. The van der Waals surface area contributed by atoms with Gasteiger partial charge in [0.1, 0.15) is 5.75 Å². The molecule has 0 aliphatic carbocycles. The van der Waals surface area contributed by atoms with E-state index in [-0.39, 0.29) is 12.3 Å². The van der Waals surface area contributed by atoms with Crippen molar-refractivity contribution >= 4 is 17.2 Å². The Kier molecular flexibility index (Phi) is 4.95. The number of methoxy groups -OCH3 is 1. The van der Waals surface area contributed by atoms with E-state index in [1.54, 1.807) is 36.3 Å². The maximum Gasteiger partial charge on any atom is 0.230 e. The van der Waals surface area contributed by atoms with Gasteiger partial charge in [-0.15, -0.1) is 0 Å². The smallest absolute Gasteiger partial charge is 0.230 e. The van der Waals surface area contributed by atoms with Crippen LogP contribution in [-0.2, 0) is 11.2 Å². The number of amides is 1. The molecule has 0 atom stereocenters. The molecule has 0 unspecified atom stereocenters. The summed E-state index contributed by atoms with van der Waals surface area (Å²) in [5.74, 6) is 1.09. The van der Waals surface area contributed by atoms with Gasteiger partial charge in [0.2, 0.25) is 5.91 Å². The Morgan fingerprint density at radius 1 is 1.14 bits per heavy atom. The van der Waals surface area contributed by atoms with Crippen LogP contribution in [0.15, 0.2) is 55.0 Å². The molecule has 1 N–H and O–H groups in total. The summed E-state index contributed by atoms with van der Waals surface area (Å²) < 4.78 is 6.90. The molecule has 7 heteroatoms. The molecular weight excluding hydrogens is 366 g/mol. The molecule has 4 aromatic rings. The maximum atomic E-state index is 12.5. The number of rotatable bonds is 5. The summed E-state index contributed by atoms with van der Waals surface area (Å²) in [4.78, 5) is 21.3. The summed E-state index contributed by atoms with van der Waals surface area (Å²) in [6.07, 6.45) is 5.53. The number of pyridine rings is 3. The Morgan fingerprint density at radius 3 is 2.76 bits per heavy atom. The predicted molar refractivity (Wildman–Crippen MR) is 111 cm³/mol. The van der Waals surface area contributed by atoms with Crippen LogP contribution in [0.2, 0.25) is 0 Å². The van der Waals surface area contributed by atoms with Gasteiger partial charge in [-0.1, -0.05) is 6.07 Å². The molecule has 0 saturated heterocycles. The minimum absolute atomic E-state index is 0.144. The van der Waals surface area contributed by atoms with Gasteiger partial charge in [-0.25, -0.2) is 4.52 Å². The fourth-order valence-corrected chi connectivity index (χ4v) is 3.26. The monoisotopic (exact) mass is 387 g/mol. The Hall–Kier alpha value is -3.74. The van der Waals surface area contributed by atoms with Crippen molar-refractivity contribution in [1.82, 2.24) is 19.6 Å². The highest BCUT2D eigenvalue weighted by Gasteiger charge is 2.11. The van der Waals surface area contributed by atoms with Gasteiger partial charge in [-0.3, -0.25) is 14.8 Å². The quantitative estimate of drug-likeness (QED) is 0.566. The van der Waals surface area contributed by atoms with Crippen molar-refractivity contribution in [2.75, 3.05) is 12.4 Å². The largest absolute Gasteiger partial charge is 0.497 e. The summed E-state index contributed by atoms with van der Waals surface area (Å²) in [5, 5.41) is 7.20. The Morgan fingerprint density at radius 2 is 2.00 bits per heavy atom. The molecular formula is C22H21N5O2. The van der Waals surface area contributed by atoms with Gasteiger partial charge < -0.3 is 10.1 Å². The minimum atomic E-state index is -0.144. The van der Waals surface area contributed by atoms with Gasteiger partial charge in [0.05, 0.1) is 24.7 Å². The van der Waals surface area contributed by atoms with Crippen molar-refractivity contribution in [1.29, 1.82) is 0 Å². The van der Waals surface area contributed by atoms with Crippen LogP contribution in [0.1, 0.15) is 16.8 Å². The van der Waals surface area contributed by atoms with Gasteiger partial charge in [-0.2, -0.15) is 5.10 Å². The van der Waals surface area contributed by atoms with E-state index in [4.69, 9.17) is 4.74 Å². The third kappa shape index (κ3) is 4.08. The lowest BCUT2D eigenvalue weighted by atomic mass is 10.0. The van der Waals surface area contributed by atoms with Crippen LogP contribution < -0.4 is 10.1 Å². The lowest BCUT2D eigenvalue weighted by Crippen LogP contribution is -2.15. The van der Waals surface area contributed by atoms with E-state index in [2.05, 4.69) is 20.4 Å². The highest BCUT2D eigenvalue weighted by atomic mass is 16.5. The van der Waals surface area contributed by atoms with E-state index in [0.717, 1.165) is 39.3 Å². The normalized spacial score (nSPS) is 10.9. The van der Waals surface area contributed by atoms with Gasteiger partial charge in [0.25, 0.3) is 0 Å². The predicted octanol–water partition coefficient (Wildman–Crippen LogP) is 3.60. The van der Waals surface area contributed by atoms with Crippen molar-refractivity contribution in [3.8, 4) is 17.0 Å². The second kappa shape index (κ2) is 7.71. The average Bonchev–Trinajstić information content (AvgIpc) is 3.09. The first-order valence-corrected chi connectivity index (χ1v) is 9.23. The molecule has 0 aliphatic heterocycles. The molecule has 0 fully saturated rings. The van der Waals surface area contributed by atoms with Crippen LogP contribution in [0.5, 0.6) is 5.75 Å². The molecule has 1 amide bonds. The molecule has 0 aromatic carbocycles. The summed E-state index contributed by atoms with van der Waals surface area (Å²) in [5.41, 5.74) is 5.56. The number of carbonyl (C=O) groups excluding carboxylic acids is 1.